The first-order valence-corrected chi connectivity index (χ1v) is 5.97. The highest BCUT2D eigenvalue weighted by atomic mass is 19.1. The number of nitrogens with zero attached hydrogens (tertiary/aromatic N) is 1. The Kier molecular flexibility index (Phi) is 3.62. The topological polar surface area (TPSA) is 31.4 Å². The van der Waals surface area contributed by atoms with Crippen LogP contribution in [0.1, 0.15) is 37.7 Å². The molecular formula is C13H18FNO2. The Bertz CT molecular complexity index is 389. The van der Waals surface area contributed by atoms with Gasteiger partial charge in [0.1, 0.15) is 5.82 Å². The Morgan fingerprint density at radius 3 is 2.53 bits per heavy atom. The van der Waals surface area contributed by atoms with E-state index in [9.17, 15) is 4.39 Å². The normalized spacial score (nSPS) is 19.0. The summed E-state index contributed by atoms with van der Waals surface area (Å²) in [6.45, 7) is 0. The molecule has 17 heavy (non-hydrogen) atoms. The minimum absolute atomic E-state index is 0.311. The highest BCUT2D eigenvalue weighted by Gasteiger charge is 2.36. The fourth-order valence-electron chi connectivity index (χ4n) is 2.59. The number of methoxy groups -OCH3 is 2. The van der Waals surface area contributed by atoms with Gasteiger partial charge in [-0.25, -0.2) is 9.37 Å². The number of hydrogen-bond acceptors (Lipinski definition) is 3. The molecule has 0 bridgehead atoms. The molecule has 94 valence electrons. The van der Waals surface area contributed by atoms with Crippen molar-refractivity contribution in [2.24, 2.45) is 0 Å². The zero-order valence-electron chi connectivity index (χ0n) is 10.3. The van der Waals surface area contributed by atoms with Gasteiger partial charge in [-0.2, -0.15) is 0 Å². The minimum atomic E-state index is -0.501. The lowest BCUT2D eigenvalue weighted by Crippen LogP contribution is -2.32. The third-order valence-electron chi connectivity index (χ3n) is 3.58. The fraction of sp³-hybridized carbons (Fsp3) is 0.615. The third kappa shape index (κ3) is 2.27. The van der Waals surface area contributed by atoms with Crippen molar-refractivity contribution < 1.29 is 13.9 Å². The lowest BCUT2D eigenvalue weighted by Gasteiger charge is -2.36. The van der Waals surface area contributed by atoms with E-state index in [4.69, 9.17) is 9.47 Å². The standard InChI is InChI=1S/C13H18FNO2/c1-16-12-8-10(11(14)9-15-12)13(17-2)6-4-3-5-7-13/h8-9H,3-7H2,1-2H3. The summed E-state index contributed by atoms with van der Waals surface area (Å²) in [6, 6.07) is 1.66. The van der Waals surface area contributed by atoms with Crippen molar-refractivity contribution >= 4 is 0 Å². The number of aromatic nitrogens is 1. The minimum Gasteiger partial charge on any atom is -0.481 e. The first-order chi connectivity index (χ1) is 8.22. The van der Waals surface area contributed by atoms with Gasteiger partial charge >= 0.3 is 0 Å². The summed E-state index contributed by atoms with van der Waals surface area (Å²) in [4.78, 5) is 3.86. The van der Waals surface area contributed by atoms with E-state index >= 15 is 0 Å². The molecule has 1 heterocycles. The molecule has 0 aliphatic heterocycles. The molecule has 0 N–H and O–H groups in total. The molecule has 0 spiro atoms. The van der Waals surface area contributed by atoms with E-state index in [0.717, 1.165) is 25.7 Å². The second-order valence-electron chi connectivity index (χ2n) is 4.47. The van der Waals surface area contributed by atoms with Gasteiger partial charge in [-0.05, 0) is 12.8 Å². The van der Waals surface area contributed by atoms with Crippen LogP contribution in [-0.2, 0) is 10.3 Å². The Labute approximate surface area is 101 Å². The molecule has 2 rings (SSSR count). The van der Waals surface area contributed by atoms with Crippen molar-refractivity contribution in [3.63, 3.8) is 0 Å². The lowest BCUT2D eigenvalue weighted by molar-refractivity contribution is -0.0472. The maximum absolute atomic E-state index is 13.9. The van der Waals surface area contributed by atoms with Crippen molar-refractivity contribution in [1.82, 2.24) is 4.98 Å². The van der Waals surface area contributed by atoms with Gasteiger partial charge in [0.2, 0.25) is 5.88 Å². The number of ether oxygens (including phenoxy) is 2. The Hall–Kier alpha value is -1.16. The lowest BCUT2D eigenvalue weighted by atomic mass is 9.79. The van der Waals surface area contributed by atoms with Crippen LogP contribution in [0.15, 0.2) is 12.3 Å². The molecule has 1 aliphatic rings. The van der Waals surface area contributed by atoms with Crippen LogP contribution in [0.2, 0.25) is 0 Å². The zero-order valence-corrected chi connectivity index (χ0v) is 10.3. The largest absolute Gasteiger partial charge is 0.481 e. The third-order valence-corrected chi connectivity index (χ3v) is 3.58. The number of halogens is 1. The fourth-order valence-corrected chi connectivity index (χ4v) is 2.59. The highest BCUT2D eigenvalue weighted by Crippen LogP contribution is 2.41. The molecule has 0 atom stereocenters. The van der Waals surface area contributed by atoms with Crippen molar-refractivity contribution in [3.8, 4) is 5.88 Å². The molecule has 1 fully saturated rings. The molecule has 3 nitrogen and oxygen atoms in total. The van der Waals surface area contributed by atoms with Crippen LogP contribution in [0, 0.1) is 5.82 Å². The predicted molar refractivity (Wildman–Crippen MR) is 62.5 cm³/mol. The van der Waals surface area contributed by atoms with Gasteiger partial charge in [-0.1, -0.05) is 19.3 Å². The van der Waals surface area contributed by atoms with Crippen LogP contribution < -0.4 is 4.74 Å². The average Bonchev–Trinajstić information content (AvgIpc) is 2.40. The average molecular weight is 239 g/mol. The first kappa shape index (κ1) is 12.3. The SMILES string of the molecule is COc1cc(C2(OC)CCCCC2)c(F)cn1. The monoisotopic (exact) mass is 239 g/mol. The summed E-state index contributed by atoms with van der Waals surface area (Å²) in [6.07, 6.45) is 6.25. The molecule has 1 aliphatic carbocycles. The van der Waals surface area contributed by atoms with Crippen molar-refractivity contribution in [2.45, 2.75) is 37.7 Å². The molecule has 4 heteroatoms. The summed E-state index contributed by atoms with van der Waals surface area (Å²) in [7, 11) is 3.18. The van der Waals surface area contributed by atoms with E-state index in [1.807, 2.05) is 0 Å². The summed E-state index contributed by atoms with van der Waals surface area (Å²) >= 11 is 0. The Morgan fingerprint density at radius 2 is 1.94 bits per heavy atom. The molecule has 1 aromatic rings. The summed E-state index contributed by atoms with van der Waals surface area (Å²) in [5.41, 5.74) is 0.0741. The Balaban J connectivity index is 2.41. The van der Waals surface area contributed by atoms with Gasteiger partial charge in [0.05, 0.1) is 18.9 Å². The van der Waals surface area contributed by atoms with E-state index in [2.05, 4.69) is 4.98 Å². The quantitative estimate of drug-likeness (QED) is 0.812. The highest BCUT2D eigenvalue weighted by molar-refractivity contribution is 5.28. The number of pyridine rings is 1. The van der Waals surface area contributed by atoms with Gasteiger partial charge < -0.3 is 9.47 Å². The molecule has 0 saturated heterocycles. The van der Waals surface area contributed by atoms with E-state index in [-0.39, 0.29) is 5.82 Å². The van der Waals surface area contributed by atoms with Crippen molar-refractivity contribution in [3.05, 3.63) is 23.6 Å². The van der Waals surface area contributed by atoms with Crippen LogP contribution in [0.3, 0.4) is 0 Å². The molecule has 0 aromatic carbocycles. The van der Waals surface area contributed by atoms with Crippen LogP contribution in [0.25, 0.3) is 0 Å². The zero-order chi connectivity index (χ0) is 12.3. The van der Waals surface area contributed by atoms with Gasteiger partial charge in [-0.15, -0.1) is 0 Å². The maximum Gasteiger partial charge on any atom is 0.213 e. The second kappa shape index (κ2) is 5.00. The van der Waals surface area contributed by atoms with Gasteiger partial charge in [0, 0.05) is 18.7 Å². The second-order valence-corrected chi connectivity index (χ2v) is 4.47. The van der Waals surface area contributed by atoms with Gasteiger partial charge in [-0.3, -0.25) is 0 Å². The van der Waals surface area contributed by atoms with Gasteiger partial charge in [0.25, 0.3) is 0 Å². The van der Waals surface area contributed by atoms with Gasteiger partial charge in [0.15, 0.2) is 0 Å². The Morgan fingerprint density at radius 1 is 1.24 bits per heavy atom. The molecule has 0 unspecified atom stereocenters. The smallest absolute Gasteiger partial charge is 0.213 e. The van der Waals surface area contributed by atoms with Crippen LogP contribution in [0.4, 0.5) is 4.39 Å². The number of rotatable bonds is 3. The molecular weight excluding hydrogens is 221 g/mol. The predicted octanol–water partition coefficient (Wildman–Crippen LogP) is 3.04. The maximum atomic E-state index is 13.9. The molecule has 1 saturated carbocycles. The van der Waals surface area contributed by atoms with E-state index in [1.165, 1.54) is 19.7 Å². The van der Waals surface area contributed by atoms with Crippen molar-refractivity contribution in [1.29, 1.82) is 0 Å². The molecule has 0 amide bonds. The summed E-state index contributed by atoms with van der Waals surface area (Å²) in [5, 5.41) is 0. The molecule has 1 aromatic heterocycles. The van der Waals surface area contributed by atoms with E-state index in [0.29, 0.717) is 11.4 Å². The van der Waals surface area contributed by atoms with Crippen LogP contribution in [0.5, 0.6) is 5.88 Å². The van der Waals surface area contributed by atoms with Crippen LogP contribution in [-0.4, -0.2) is 19.2 Å². The summed E-state index contributed by atoms with van der Waals surface area (Å²) < 4.78 is 24.6. The first-order valence-electron chi connectivity index (χ1n) is 5.97. The van der Waals surface area contributed by atoms with Crippen LogP contribution >= 0.6 is 0 Å². The van der Waals surface area contributed by atoms with E-state index in [1.54, 1.807) is 13.2 Å². The van der Waals surface area contributed by atoms with Crippen molar-refractivity contribution in [2.75, 3.05) is 14.2 Å². The number of hydrogen-bond donors (Lipinski definition) is 0. The van der Waals surface area contributed by atoms with E-state index < -0.39 is 5.60 Å². The summed E-state index contributed by atoms with van der Waals surface area (Å²) in [5.74, 6) is 0.123. The molecule has 0 radical (unpaired) electrons.